The number of carbonyl (C=O) groups is 1. The highest BCUT2D eigenvalue weighted by Crippen LogP contribution is 2.32. The quantitative estimate of drug-likeness (QED) is 0.929. The fourth-order valence-electron chi connectivity index (χ4n) is 2.12. The molecule has 0 radical (unpaired) electrons. The van der Waals surface area contributed by atoms with Gasteiger partial charge in [-0.1, -0.05) is 23.2 Å². The van der Waals surface area contributed by atoms with Gasteiger partial charge in [-0.2, -0.15) is 0 Å². The van der Waals surface area contributed by atoms with E-state index in [2.05, 4.69) is 4.90 Å². The number of hydrogen-bond donors (Lipinski definition) is 1. The molecule has 1 aliphatic rings. The molecule has 2 rings (SSSR count). The molecule has 6 heteroatoms. The summed E-state index contributed by atoms with van der Waals surface area (Å²) in [4.78, 5) is 13.1. The van der Waals surface area contributed by atoms with Crippen LogP contribution in [0.4, 0.5) is 0 Å². The van der Waals surface area contributed by atoms with Crippen molar-refractivity contribution in [2.75, 3.05) is 13.1 Å². The predicted octanol–water partition coefficient (Wildman–Crippen LogP) is 3.35. The van der Waals surface area contributed by atoms with Crippen molar-refractivity contribution in [2.24, 2.45) is 5.92 Å². The molecule has 1 aromatic rings. The largest absolute Gasteiger partial charge is 0.481 e. The fourth-order valence-corrected chi connectivity index (χ4v) is 3.60. The minimum atomic E-state index is -0.704. The maximum Gasteiger partial charge on any atom is 0.307 e. The number of nitrogens with zero attached hydrogens (tertiary/aromatic N) is 1. The number of aliphatic carboxylic acids is 1. The lowest BCUT2D eigenvalue weighted by atomic mass is 9.98. The Morgan fingerprint density at radius 2 is 2.35 bits per heavy atom. The molecule has 94 valence electrons. The molecule has 1 aliphatic heterocycles. The van der Waals surface area contributed by atoms with Crippen molar-refractivity contribution in [1.29, 1.82) is 0 Å². The molecule has 0 saturated carbocycles. The Morgan fingerprint density at radius 3 is 2.94 bits per heavy atom. The van der Waals surface area contributed by atoms with Gasteiger partial charge in [0, 0.05) is 13.1 Å². The van der Waals surface area contributed by atoms with Gasteiger partial charge in [0.15, 0.2) is 0 Å². The van der Waals surface area contributed by atoms with Crippen LogP contribution in [0.1, 0.15) is 18.4 Å². The van der Waals surface area contributed by atoms with E-state index < -0.39 is 5.97 Å². The monoisotopic (exact) mass is 293 g/mol. The summed E-state index contributed by atoms with van der Waals surface area (Å²) >= 11 is 13.3. The molecular formula is C11H13Cl2NO2S. The normalized spacial score (nSPS) is 21.6. The van der Waals surface area contributed by atoms with Gasteiger partial charge in [-0.05, 0) is 31.0 Å². The Bertz CT molecular complexity index is 422. The zero-order valence-electron chi connectivity index (χ0n) is 9.16. The van der Waals surface area contributed by atoms with Crippen molar-refractivity contribution in [3.8, 4) is 0 Å². The molecule has 0 bridgehead atoms. The molecule has 0 spiro atoms. The van der Waals surface area contributed by atoms with E-state index in [0.717, 1.165) is 24.9 Å². The third kappa shape index (κ3) is 3.35. The highest BCUT2D eigenvalue weighted by Gasteiger charge is 2.25. The SMILES string of the molecule is O=C(O)C1CCCN(Cc2cc(Cl)sc2Cl)C1. The number of carboxylic acids is 1. The van der Waals surface area contributed by atoms with Crippen LogP contribution < -0.4 is 0 Å². The van der Waals surface area contributed by atoms with E-state index in [1.165, 1.54) is 11.3 Å². The van der Waals surface area contributed by atoms with Crippen molar-refractivity contribution < 1.29 is 9.90 Å². The summed E-state index contributed by atoms with van der Waals surface area (Å²) in [6, 6.07) is 1.86. The molecule has 0 aromatic carbocycles. The van der Waals surface area contributed by atoms with E-state index in [1.54, 1.807) is 0 Å². The average Bonchev–Trinajstić information content (AvgIpc) is 2.58. The van der Waals surface area contributed by atoms with Crippen molar-refractivity contribution in [1.82, 2.24) is 4.90 Å². The number of halogens is 2. The van der Waals surface area contributed by atoms with Crippen LogP contribution in [0.2, 0.25) is 8.67 Å². The molecule has 1 atom stereocenters. The topological polar surface area (TPSA) is 40.5 Å². The minimum Gasteiger partial charge on any atom is -0.481 e. The van der Waals surface area contributed by atoms with Crippen LogP contribution in [0, 0.1) is 5.92 Å². The van der Waals surface area contributed by atoms with Crippen LogP contribution in [0.15, 0.2) is 6.07 Å². The van der Waals surface area contributed by atoms with E-state index in [0.29, 0.717) is 21.8 Å². The number of carboxylic acid groups (broad SMARTS) is 1. The lowest BCUT2D eigenvalue weighted by molar-refractivity contribution is -0.143. The highest BCUT2D eigenvalue weighted by atomic mass is 35.5. The Balaban J connectivity index is 1.99. The molecule has 2 heterocycles. The van der Waals surface area contributed by atoms with Gasteiger partial charge in [-0.3, -0.25) is 9.69 Å². The molecule has 1 saturated heterocycles. The number of piperidine rings is 1. The van der Waals surface area contributed by atoms with Gasteiger partial charge in [0.25, 0.3) is 0 Å². The summed E-state index contributed by atoms with van der Waals surface area (Å²) in [5, 5.41) is 9.01. The Morgan fingerprint density at radius 1 is 1.59 bits per heavy atom. The average molecular weight is 294 g/mol. The number of thiophene rings is 1. The Kier molecular flexibility index (Phi) is 4.31. The van der Waals surface area contributed by atoms with Crippen LogP contribution >= 0.6 is 34.5 Å². The first kappa shape index (κ1) is 13.1. The second-order valence-electron chi connectivity index (χ2n) is 4.26. The van der Waals surface area contributed by atoms with Gasteiger partial charge >= 0.3 is 5.97 Å². The van der Waals surface area contributed by atoms with E-state index in [9.17, 15) is 4.79 Å². The first-order valence-electron chi connectivity index (χ1n) is 5.45. The summed E-state index contributed by atoms with van der Waals surface area (Å²) in [5.74, 6) is -0.958. The molecular weight excluding hydrogens is 281 g/mol. The first-order valence-corrected chi connectivity index (χ1v) is 7.02. The lowest BCUT2D eigenvalue weighted by Gasteiger charge is -2.30. The van der Waals surface area contributed by atoms with E-state index >= 15 is 0 Å². The molecule has 1 aromatic heterocycles. The third-order valence-electron chi connectivity index (χ3n) is 2.98. The number of rotatable bonds is 3. The molecule has 1 unspecified atom stereocenters. The van der Waals surface area contributed by atoms with Gasteiger partial charge in [0.2, 0.25) is 0 Å². The summed E-state index contributed by atoms with van der Waals surface area (Å²) in [5.41, 5.74) is 0.993. The van der Waals surface area contributed by atoms with E-state index in [4.69, 9.17) is 28.3 Å². The Hall–Kier alpha value is -0.290. The molecule has 1 fully saturated rings. The predicted molar refractivity (Wildman–Crippen MR) is 70.0 cm³/mol. The standard InChI is InChI=1S/C11H13Cl2NO2S/c12-9-4-8(10(13)17-9)6-14-3-1-2-7(5-14)11(15)16/h4,7H,1-3,5-6H2,(H,15,16). The van der Waals surface area contributed by atoms with Gasteiger partial charge in [-0.15, -0.1) is 11.3 Å². The van der Waals surface area contributed by atoms with Crippen molar-refractivity contribution >= 4 is 40.5 Å². The fraction of sp³-hybridized carbons (Fsp3) is 0.545. The van der Waals surface area contributed by atoms with Crippen LogP contribution in [0.25, 0.3) is 0 Å². The van der Waals surface area contributed by atoms with E-state index in [1.807, 2.05) is 6.07 Å². The maximum absolute atomic E-state index is 11.0. The molecule has 0 amide bonds. The van der Waals surface area contributed by atoms with Gasteiger partial charge in [0.05, 0.1) is 14.6 Å². The summed E-state index contributed by atoms with van der Waals surface area (Å²) in [7, 11) is 0. The third-order valence-corrected chi connectivity index (χ3v) is 4.55. The van der Waals surface area contributed by atoms with Crippen LogP contribution in [-0.2, 0) is 11.3 Å². The molecule has 3 nitrogen and oxygen atoms in total. The van der Waals surface area contributed by atoms with Gasteiger partial charge < -0.3 is 5.11 Å². The minimum absolute atomic E-state index is 0.253. The van der Waals surface area contributed by atoms with Crippen LogP contribution in [0.5, 0.6) is 0 Å². The maximum atomic E-state index is 11.0. The summed E-state index contributed by atoms with van der Waals surface area (Å²) in [6.45, 7) is 2.21. The summed E-state index contributed by atoms with van der Waals surface area (Å²) in [6.07, 6.45) is 1.69. The van der Waals surface area contributed by atoms with Crippen molar-refractivity contribution in [3.05, 3.63) is 20.3 Å². The smallest absolute Gasteiger partial charge is 0.307 e. The summed E-state index contributed by atoms with van der Waals surface area (Å²) < 4.78 is 1.38. The van der Waals surface area contributed by atoms with Crippen LogP contribution in [-0.4, -0.2) is 29.1 Å². The van der Waals surface area contributed by atoms with Crippen molar-refractivity contribution in [2.45, 2.75) is 19.4 Å². The second kappa shape index (κ2) is 5.57. The van der Waals surface area contributed by atoms with E-state index in [-0.39, 0.29) is 5.92 Å². The highest BCUT2D eigenvalue weighted by molar-refractivity contribution is 7.20. The molecule has 17 heavy (non-hydrogen) atoms. The zero-order valence-corrected chi connectivity index (χ0v) is 11.5. The second-order valence-corrected chi connectivity index (χ2v) is 6.55. The van der Waals surface area contributed by atoms with Gasteiger partial charge in [0.1, 0.15) is 0 Å². The van der Waals surface area contributed by atoms with Crippen molar-refractivity contribution in [3.63, 3.8) is 0 Å². The molecule has 0 aliphatic carbocycles. The number of likely N-dealkylation sites (tertiary alicyclic amines) is 1. The zero-order chi connectivity index (χ0) is 12.4. The first-order chi connectivity index (χ1) is 8.06. The molecule has 1 N–H and O–H groups in total. The number of hydrogen-bond acceptors (Lipinski definition) is 3. The Labute approximate surface area is 114 Å². The van der Waals surface area contributed by atoms with Gasteiger partial charge in [-0.25, -0.2) is 0 Å². The lowest BCUT2D eigenvalue weighted by Crippen LogP contribution is -2.38. The van der Waals surface area contributed by atoms with Crippen LogP contribution in [0.3, 0.4) is 0 Å².